The number of hydrogen-bond donors (Lipinski definition) is 0. The van der Waals surface area contributed by atoms with Gasteiger partial charge < -0.3 is 0 Å². The number of rotatable bonds is 4. The van der Waals surface area contributed by atoms with Crippen LogP contribution in [0, 0.1) is 0 Å². The van der Waals surface area contributed by atoms with Crippen LogP contribution in [0.3, 0.4) is 0 Å². The van der Waals surface area contributed by atoms with Gasteiger partial charge in [0.2, 0.25) is 5.91 Å². The predicted molar refractivity (Wildman–Crippen MR) is 83.0 cm³/mol. The molecule has 4 nitrogen and oxygen atoms in total. The topological polar surface area (TPSA) is 40.6 Å². The van der Waals surface area contributed by atoms with Crippen LogP contribution in [-0.2, 0) is 10.2 Å². The molecule has 114 valence electrons. The molecule has 21 heavy (non-hydrogen) atoms. The van der Waals surface area contributed by atoms with Crippen LogP contribution in [0.4, 0.5) is 0 Å². The molecular weight excluding hydrogens is 264 g/mol. The molecule has 1 heterocycles. The largest absolute Gasteiger partial charge is 0.289 e. The highest BCUT2D eigenvalue weighted by molar-refractivity contribution is 6.13. The molecule has 0 bridgehead atoms. The van der Waals surface area contributed by atoms with Gasteiger partial charge in [0.1, 0.15) is 0 Å². The van der Waals surface area contributed by atoms with Crippen molar-refractivity contribution < 1.29 is 9.59 Å². The van der Waals surface area contributed by atoms with Gasteiger partial charge in [-0.15, -0.1) is 0 Å². The molecule has 0 saturated carbocycles. The zero-order valence-electron chi connectivity index (χ0n) is 13.5. The van der Waals surface area contributed by atoms with Gasteiger partial charge in [0, 0.05) is 5.56 Å². The van der Waals surface area contributed by atoms with Crippen LogP contribution in [0.1, 0.15) is 49.5 Å². The first-order chi connectivity index (χ1) is 9.90. The Morgan fingerprint density at radius 2 is 1.71 bits per heavy atom. The van der Waals surface area contributed by atoms with Crippen LogP contribution in [0.5, 0.6) is 0 Å². The third-order valence-electron chi connectivity index (χ3n) is 4.85. The number of carbonyl (C=O) groups is 2. The van der Waals surface area contributed by atoms with Gasteiger partial charge in [0.25, 0.3) is 5.91 Å². The highest BCUT2D eigenvalue weighted by Gasteiger charge is 2.49. The van der Waals surface area contributed by atoms with Gasteiger partial charge in [0.05, 0.1) is 11.6 Å². The number of carbonyl (C=O) groups excluding carboxylic acids is 2. The molecule has 2 amide bonds. The predicted octanol–water partition coefficient (Wildman–Crippen LogP) is 2.63. The fourth-order valence-corrected chi connectivity index (χ4v) is 3.16. The molecule has 0 saturated heterocycles. The minimum atomic E-state index is -0.589. The van der Waals surface area contributed by atoms with Crippen molar-refractivity contribution in [3.05, 3.63) is 35.4 Å². The Labute approximate surface area is 126 Å². The summed E-state index contributed by atoms with van der Waals surface area (Å²) in [7, 11) is 3.76. The molecule has 1 aliphatic rings. The van der Waals surface area contributed by atoms with Crippen molar-refractivity contribution in [2.45, 2.75) is 45.2 Å². The monoisotopic (exact) mass is 288 g/mol. The maximum Gasteiger partial charge on any atom is 0.262 e. The van der Waals surface area contributed by atoms with Crippen molar-refractivity contribution in [2.24, 2.45) is 0 Å². The van der Waals surface area contributed by atoms with Crippen molar-refractivity contribution in [1.82, 2.24) is 9.80 Å². The Morgan fingerprint density at radius 3 is 2.24 bits per heavy atom. The average molecular weight is 288 g/mol. The van der Waals surface area contributed by atoms with Crippen molar-refractivity contribution in [3.63, 3.8) is 0 Å². The molecule has 1 unspecified atom stereocenters. The summed E-state index contributed by atoms with van der Waals surface area (Å²) in [5.41, 5.74) is 0.955. The summed E-state index contributed by atoms with van der Waals surface area (Å²) in [5.74, 6) is -0.258. The summed E-state index contributed by atoms with van der Waals surface area (Å²) in [5, 5.41) is 0. The zero-order valence-corrected chi connectivity index (χ0v) is 13.5. The zero-order chi connectivity index (χ0) is 15.8. The van der Waals surface area contributed by atoms with Crippen LogP contribution >= 0.6 is 0 Å². The molecule has 1 aliphatic heterocycles. The first-order valence-electron chi connectivity index (χ1n) is 7.54. The second kappa shape index (κ2) is 5.60. The first kappa shape index (κ1) is 15.7. The Bertz CT molecular complexity index is 562. The molecule has 1 aromatic rings. The molecule has 0 N–H and O–H groups in total. The van der Waals surface area contributed by atoms with Gasteiger partial charge in [-0.2, -0.15) is 0 Å². The number of benzene rings is 1. The molecule has 1 atom stereocenters. The van der Waals surface area contributed by atoms with Gasteiger partial charge >= 0.3 is 0 Å². The Morgan fingerprint density at radius 1 is 1.14 bits per heavy atom. The quantitative estimate of drug-likeness (QED) is 0.800. The summed E-state index contributed by atoms with van der Waals surface area (Å²) < 4.78 is 0. The lowest BCUT2D eigenvalue weighted by atomic mass is 9.70. The minimum Gasteiger partial charge on any atom is -0.289 e. The van der Waals surface area contributed by atoms with E-state index in [1.807, 2.05) is 64.0 Å². The molecular formula is C17H24N2O2. The first-order valence-corrected chi connectivity index (χ1v) is 7.54. The highest BCUT2D eigenvalue weighted by Crippen LogP contribution is 2.40. The van der Waals surface area contributed by atoms with E-state index in [-0.39, 0.29) is 18.0 Å². The second-order valence-electron chi connectivity index (χ2n) is 5.91. The number of hydrogen-bond acceptors (Lipinski definition) is 3. The third-order valence-corrected chi connectivity index (χ3v) is 4.85. The maximum absolute atomic E-state index is 13.1. The Kier molecular flexibility index (Phi) is 4.19. The standard InChI is InChI=1S/C17H24N2O2/c1-6-17(7-2)14-11-9-8-10-13(14)15(20)19(16(17)21)12(3)18(4)5/h8-12H,6-7H2,1-5H3. The maximum atomic E-state index is 13.1. The lowest BCUT2D eigenvalue weighted by Gasteiger charge is -2.44. The van der Waals surface area contributed by atoms with E-state index in [2.05, 4.69) is 0 Å². The summed E-state index contributed by atoms with van der Waals surface area (Å²) >= 11 is 0. The Balaban J connectivity index is 2.67. The summed E-state index contributed by atoms with van der Waals surface area (Å²) in [6.45, 7) is 5.93. The number of nitrogens with zero attached hydrogens (tertiary/aromatic N) is 2. The summed E-state index contributed by atoms with van der Waals surface area (Å²) in [6.07, 6.45) is 1.14. The van der Waals surface area contributed by atoms with E-state index in [1.165, 1.54) is 4.90 Å². The molecule has 2 rings (SSSR count). The van der Waals surface area contributed by atoms with Gasteiger partial charge in [-0.05, 0) is 45.5 Å². The van der Waals surface area contributed by atoms with Crippen LogP contribution in [0.15, 0.2) is 24.3 Å². The molecule has 0 radical (unpaired) electrons. The highest BCUT2D eigenvalue weighted by atomic mass is 16.2. The van der Waals surface area contributed by atoms with Crippen molar-refractivity contribution in [3.8, 4) is 0 Å². The molecule has 1 aromatic carbocycles. The van der Waals surface area contributed by atoms with Crippen LogP contribution < -0.4 is 0 Å². The van der Waals surface area contributed by atoms with E-state index in [0.717, 1.165) is 5.56 Å². The van der Waals surface area contributed by atoms with Crippen LogP contribution in [-0.4, -0.2) is 41.9 Å². The molecule has 0 aliphatic carbocycles. The average Bonchev–Trinajstić information content (AvgIpc) is 2.48. The van der Waals surface area contributed by atoms with Gasteiger partial charge in [-0.3, -0.25) is 19.4 Å². The van der Waals surface area contributed by atoms with E-state index in [4.69, 9.17) is 0 Å². The Hall–Kier alpha value is -1.68. The second-order valence-corrected chi connectivity index (χ2v) is 5.91. The summed E-state index contributed by atoms with van der Waals surface area (Å²) in [4.78, 5) is 29.2. The van der Waals surface area contributed by atoms with E-state index in [1.54, 1.807) is 0 Å². The van der Waals surface area contributed by atoms with E-state index in [0.29, 0.717) is 18.4 Å². The van der Waals surface area contributed by atoms with Gasteiger partial charge in [-0.1, -0.05) is 32.0 Å². The smallest absolute Gasteiger partial charge is 0.262 e. The van der Waals surface area contributed by atoms with Crippen molar-refractivity contribution >= 4 is 11.8 Å². The fourth-order valence-electron chi connectivity index (χ4n) is 3.16. The van der Waals surface area contributed by atoms with Gasteiger partial charge in [0.15, 0.2) is 0 Å². The summed E-state index contributed by atoms with van der Waals surface area (Å²) in [6, 6.07) is 7.53. The molecule has 4 heteroatoms. The third kappa shape index (κ3) is 2.18. The van der Waals surface area contributed by atoms with Gasteiger partial charge in [-0.25, -0.2) is 0 Å². The van der Waals surface area contributed by atoms with Crippen molar-refractivity contribution in [1.29, 1.82) is 0 Å². The van der Waals surface area contributed by atoms with Crippen LogP contribution in [0.25, 0.3) is 0 Å². The van der Waals surface area contributed by atoms with E-state index in [9.17, 15) is 9.59 Å². The lowest BCUT2D eigenvalue weighted by molar-refractivity contribution is -0.140. The molecule has 0 spiro atoms. The van der Waals surface area contributed by atoms with Crippen molar-refractivity contribution in [2.75, 3.05) is 14.1 Å². The number of imide groups is 1. The normalized spacial score (nSPS) is 18.9. The van der Waals surface area contributed by atoms with E-state index < -0.39 is 5.41 Å². The number of fused-ring (bicyclic) bond motifs is 1. The molecule has 0 fully saturated rings. The number of amides is 2. The van der Waals surface area contributed by atoms with E-state index >= 15 is 0 Å². The SMILES string of the molecule is CCC1(CC)C(=O)N(C(C)N(C)C)C(=O)c2ccccc21. The van der Waals surface area contributed by atoms with Crippen LogP contribution in [0.2, 0.25) is 0 Å². The fraction of sp³-hybridized carbons (Fsp3) is 0.529. The molecule has 0 aromatic heterocycles. The lowest BCUT2D eigenvalue weighted by Crippen LogP contribution is -2.59. The minimum absolute atomic E-state index is 0.0719.